The molecule has 0 aromatic heterocycles. The summed E-state index contributed by atoms with van der Waals surface area (Å²) < 4.78 is 36.5. The Morgan fingerprint density at radius 1 is 1.47 bits per heavy atom. The number of hydrogen-bond acceptors (Lipinski definition) is 3. The molecule has 0 aliphatic rings. The summed E-state index contributed by atoms with van der Waals surface area (Å²) in [5.74, 6) is -1.37. The predicted octanol–water partition coefficient (Wildman–Crippen LogP) is 3.63. The lowest BCUT2D eigenvalue weighted by molar-refractivity contribution is -0.0328. The first kappa shape index (κ1) is 13.9. The van der Waals surface area contributed by atoms with E-state index in [-0.39, 0.29) is 20.5 Å². The highest BCUT2D eigenvalue weighted by atomic mass is 79.9. The highest BCUT2D eigenvalue weighted by molar-refractivity contribution is 9.10. The minimum atomic E-state index is -4.50. The SMILES string of the molecule is N#Cc1cc(SC(F)(F)F)c(Br)cc1C(=O)O. The number of carboxylic acid groups (broad SMARTS) is 1. The summed E-state index contributed by atoms with van der Waals surface area (Å²) in [4.78, 5) is 10.5. The molecule has 8 heteroatoms. The van der Waals surface area contributed by atoms with E-state index in [9.17, 15) is 18.0 Å². The molecule has 1 aromatic carbocycles. The van der Waals surface area contributed by atoms with E-state index in [2.05, 4.69) is 15.9 Å². The average molecular weight is 326 g/mol. The second kappa shape index (κ2) is 4.98. The van der Waals surface area contributed by atoms with E-state index in [1.807, 2.05) is 0 Å². The van der Waals surface area contributed by atoms with Gasteiger partial charge in [0.25, 0.3) is 0 Å². The molecule has 0 fully saturated rings. The van der Waals surface area contributed by atoms with Crippen LogP contribution in [0.4, 0.5) is 13.2 Å². The normalized spacial score (nSPS) is 11.0. The third kappa shape index (κ3) is 3.64. The Kier molecular flexibility index (Phi) is 4.06. The topological polar surface area (TPSA) is 61.1 Å². The number of nitriles is 1. The summed E-state index contributed by atoms with van der Waals surface area (Å²) >= 11 is 2.42. The molecule has 0 aliphatic heterocycles. The van der Waals surface area contributed by atoms with Crippen LogP contribution in [0.1, 0.15) is 15.9 Å². The van der Waals surface area contributed by atoms with Gasteiger partial charge < -0.3 is 5.11 Å². The average Bonchev–Trinajstić information content (AvgIpc) is 2.18. The third-order valence-corrected chi connectivity index (χ3v) is 3.36. The van der Waals surface area contributed by atoms with Gasteiger partial charge in [-0.05, 0) is 39.8 Å². The van der Waals surface area contributed by atoms with E-state index in [1.54, 1.807) is 6.07 Å². The van der Waals surface area contributed by atoms with Crippen molar-refractivity contribution in [3.05, 3.63) is 27.7 Å². The molecule has 0 aliphatic carbocycles. The summed E-state index contributed by atoms with van der Waals surface area (Å²) in [6, 6.07) is 3.42. The monoisotopic (exact) mass is 325 g/mol. The zero-order valence-electron chi connectivity index (χ0n) is 7.88. The predicted molar refractivity (Wildman–Crippen MR) is 57.7 cm³/mol. The molecule has 3 nitrogen and oxygen atoms in total. The van der Waals surface area contributed by atoms with Crippen molar-refractivity contribution in [2.45, 2.75) is 10.4 Å². The number of carbonyl (C=O) groups is 1. The van der Waals surface area contributed by atoms with Crippen molar-refractivity contribution in [2.24, 2.45) is 0 Å². The quantitative estimate of drug-likeness (QED) is 0.843. The van der Waals surface area contributed by atoms with Crippen LogP contribution in [0.15, 0.2) is 21.5 Å². The zero-order chi connectivity index (χ0) is 13.2. The number of nitrogens with zero attached hydrogens (tertiary/aromatic N) is 1. The van der Waals surface area contributed by atoms with Crippen LogP contribution in [-0.2, 0) is 0 Å². The Balaban J connectivity index is 3.29. The lowest BCUT2D eigenvalue weighted by Gasteiger charge is -2.09. The van der Waals surface area contributed by atoms with Gasteiger partial charge in [-0.15, -0.1) is 0 Å². The van der Waals surface area contributed by atoms with Gasteiger partial charge in [-0.25, -0.2) is 4.79 Å². The standard InChI is InChI=1S/C9H3BrF3NO2S/c10-6-2-5(8(15)16)4(3-14)1-7(6)17-9(11,12)13/h1-2H,(H,15,16). The van der Waals surface area contributed by atoms with Crippen molar-refractivity contribution in [3.8, 4) is 6.07 Å². The summed E-state index contributed by atoms with van der Waals surface area (Å²) in [6.07, 6.45) is 0. The minimum absolute atomic E-state index is 0.0174. The molecule has 90 valence electrons. The molecular weight excluding hydrogens is 323 g/mol. The number of halogens is 4. The highest BCUT2D eigenvalue weighted by Crippen LogP contribution is 2.41. The van der Waals surface area contributed by atoms with Crippen LogP contribution in [-0.4, -0.2) is 16.6 Å². The molecule has 0 spiro atoms. The Labute approximate surface area is 106 Å². The van der Waals surface area contributed by atoms with Crippen molar-refractivity contribution in [2.75, 3.05) is 0 Å². The van der Waals surface area contributed by atoms with Crippen LogP contribution in [0.25, 0.3) is 0 Å². The van der Waals surface area contributed by atoms with Gasteiger partial charge in [0.05, 0.1) is 11.1 Å². The number of rotatable bonds is 2. The number of alkyl halides is 3. The van der Waals surface area contributed by atoms with Crippen molar-refractivity contribution < 1.29 is 23.1 Å². The molecule has 0 atom stereocenters. The molecule has 0 radical (unpaired) electrons. The van der Waals surface area contributed by atoms with Gasteiger partial charge in [-0.1, -0.05) is 0 Å². The van der Waals surface area contributed by atoms with Gasteiger partial charge in [-0.3, -0.25) is 0 Å². The van der Waals surface area contributed by atoms with E-state index >= 15 is 0 Å². The lowest BCUT2D eigenvalue weighted by atomic mass is 10.1. The van der Waals surface area contributed by atoms with Crippen molar-refractivity contribution >= 4 is 33.7 Å². The Morgan fingerprint density at radius 2 is 2.06 bits per heavy atom. The van der Waals surface area contributed by atoms with E-state index in [4.69, 9.17) is 10.4 Å². The maximum absolute atomic E-state index is 12.2. The van der Waals surface area contributed by atoms with Crippen LogP contribution in [0, 0.1) is 11.3 Å². The second-order valence-corrected chi connectivity index (χ2v) is 4.75. The minimum Gasteiger partial charge on any atom is -0.478 e. The van der Waals surface area contributed by atoms with Crippen molar-refractivity contribution in [3.63, 3.8) is 0 Å². The highest BCUT2D eigenvalue weighted by Gasteiger charge is 2.31. The number of aromatic carboxylic acids is 1. The van der Waals surface area contributed by atoms with Crippen LogP contribution >= 0.6 is 27.7 Å². The fourth-order valence-electron chi connectivity index (χ4n) is 1.03. The maximum atomic E-state index is 12.2. The van der Waals surface area contributed by atoms with Crippen molar-refractivity contribution in [1.29, 1.82) is 5.26 Å². The summed E-state index contributed by atoms with van der Waals surface area (Å²) in [5.41, 5.74) is -5.15. The van der Waals surface area contributed by atoms with E-state index in [0.29, 0.717) is 0 Å². The number of benzene rings is 1. The fraction of sp³-hybridized carbons (Fsp3) is 0.111. The van der Waals surface area contributed by atoms with E-state index < -0.39 is 23.2 Å². The molecule has 0 amide bonds. The van der Waals surface area contributed by atoms with Gasteiger partial charge >= 0.3 is 11.5 Å². The molecular formula is C9H3BrF3NO2S. The molecule has 1 aromatic rings. The van der Waals surface area contributed by atoms with Crippen LogP contribution in [0.2, 0.25) is 0 Å². The molecule has 0 heterocycles. The van der Waals surface area contributed by atoms with Gasteiger partial charge in [0.1, 0.15) is 6.07 Å². The smallest absolute Gasteiger partial charge is 0.446 e. The summed E-state index contributed by atoms with van der Waals surface area (Å²) in [6.45, 7) is 0. The number of thioether (sulfide) groups is 1. The van der Waals surface area contributed by atoms with Gasteiger partial charge in [0, 0.05) is 9.37 Å². The fourth-order valence-corrected chi connectivity index (χ4v) is 2.19. The Hall–Kier alpha value is -1.20. The van der Waals surface area contributed by atoms with E-state index in [0.717, 1.165) is 12.1 Å². The summed E-state index contributed by atoms with van der Waals surface area (Å²) in [7, 11) is 0. The van der Waals surface area contributed by atoms with Gasteiger partial charge in [0.2, 0.25) is 0 Å². The first-order valence-electron chi connectivity index (χ1n) is 3.97. The first-order valence-corrected chi connectivity index (χ1v) is 5.58. The van der Waals surface area contributed by atoms with Crippen LogP contribution < -0.4 is 0 Å². The van der Waals surface area contributed by atoms with Crippen molar-refractivity contribution in [1.82, 2.24) is 0 Å². The number of hydrogen-bond donors (Lipinski definition) is 1. The summed E-state index contributed by atoms with van der Waals surface area (Å²) in [5, 5.41) is 17.4. The number of carboxylic acids is 1. The molecule has 0 unspecified atom stereocenters. The molecule has 0 saturated carbocycles. The molecule has 17 heavy (non-hydrogen) atoms. The van der Waals surface area contributed by atoms with Crippen LogP contribution in [0.3, 0.4) is 0 Å². The van der Waals surface area contributed by atoms with Crippen LogP contribution in [0.5, 0.6) is 0 Å². The largest absolute Gasteiger partial charge is 0.478 e. The molecule has 1 rings (SSSR count). The second-order valence-electron chi connectivity index (χ2n) is 2.79. The van der Waals surface area contributed by atoms with E-state index in [1.165, 1.54) is 0 Å². The lowest BCUT2D eigenvalue weighted by Crippen LogP contribution is -2.03. The maximum Gasteiger partial charge on any atom is 0.446 e. The Bertz CT molecular complexity index is 510. The Morgan fingerprint density at radius 3 is 2.47 bits per heavy atom. The third-order valence-electron chi connectivity index (χ3n) is 1.65. The molecule has 1 N–H and O–H groups in total. The zero-order valence-corrected chi connectivity index (χ0v) is 10.3. The van der Waals surface area contributed by atoms with Gasteiger partial charge in [0.15, 0.2) is 0 Å². The molecule has 0 bridgehead atoms. The first-order chi connectivity index (χ1) is 7.74. The molecule has 0 saturated heterocycles. The van der Waals surface area contributed by atoms with Gasteiger partial charge in [-0.2, -0.15) is 18.4 Å².